The van der Waals surface area contributed by atoms with E-state index in [-0.39, 0.29) is 24.8 Å². The SMILES string of the molecule is COC1(CC(=O)OC[C@H]2O[C@@](C#N)(c3ccc4c(N)ncnn34)[C@@H]3OC(C)(C)O[C@@H]32)CCCCC1. The number of aromatic nitrogens is 3. The Morgan fingerprint density at radius 2 is 2.03 bits per heavy atom. The molecule has 2 aromatic heterocycles. The van der Waals surface area contributed by atoms with Crippen molar-refractivity contribution in [3.05, 3.63) is 24.2 Å². The third-order valence-corrected chi connectivity index (χ3v) is 7.33. The summed E-state index contributed by atoms with van der Waals surface area (Å²) in [6.45, 7) is 3.47. The van der Waals surface area contributed by atoms with Crippen molar-refractivity contribution in [2.45, 2.75) is 87.7 Å². The maximum absolute atomic E-state index is 12.8. The summed E-state index contributed by atoms with van der Waals surface area (Å²) >= 11 is 0. The van der Waals surface area contributed by atoms with Gasteiger partial charge >= 0.3 is 5.97 Å². The molecule has 2 aliphatic heterocycles. The average molecular weight is 486 g/mol. The summed E-state index contributed by atoms with van der Waals surface area (Å²) in [5, 5.41) is 14.7. The molecule has 3 aliphatic rings. The highest BCUT2D eigenvalue weighted by Gasteiger charge is 2.65. The van der Waals surface area contributed by atoms with Crippen molar-refractivity contribution in [1.82, 2.24) is 14.6 Å². The van der Waals surface area contributed by atoms with E-state index in [1.165, 1.54) is 10.8 Å². The highest BCUT2D eigenvalue weighted by Crippen LogP contribution is 2.49. The first-order chi connectivity index (χ1) is 16.7. The summed E-state index contributed by atoms with van der Waals surface area (Å²) in [4.78, 5) is 16.8. The van der Waals surface area contributed by atoms with Crippen LogP contribution in [0.3, 0.4) is 0 Å². The Labute approximate surface area is 203 Å². The Morgan fingerprint density at radius 1 is 1.26 bits per heavy atom. The fraction of sp³-hybridized carbons (Fsp3) is 0.667. The van der Waals surface area contributed by atoms with Gasteiger partial charge in [-0.3, -0.25) is 4.79 Å². The first-order valence-electron chi connectivity index (χ1n) is 12.0. The molecule has 0 radical (unpaired) electrons. The minimum atomic E-state index is -1.56. The molecule has 4 atom stereocenters. The second-order valence-electron chi connectivity index (χ2n) is 9.99. The third-order valence-electron chi connectivity index (χ3n) is 7.33. The fourth-order valence-corrected chi connectivity index (χ4v) is 5.60. The van der Waals surface area contributed by atoms with Crippen LogP contribution in [0.5, 0.6) is 0 Å². The zero-order chi connectivity index (χ0) is 24.8. The predicted octanol–water partition coefficient (Wildman–Crippen LogP) is 2.23. The number of carbonyl (C=O) groups is 1. The van der Waals surface area contributed by atoms with Crippen LogP contribution >= 0.6 is 0 Å². The lowest BCUT2D eigenvalue weighted by molar-refractivity contribution is -0.207. The average Bonchev–Trinajstić information content (AvgIpc) is 3.49. The molecule has 2 saturated heterocycles. The lowest BCUT2D eigenvalue weighted by Crippen LogP contribution is -2.40. The highest BCUT2D eigenvalue weighted by molar-refractivity contribution is 5.71. The van der Waals surface area contributed by atoms with Crippen molar-refractivity contribution in [3.8, 4) is 6.07 Å². The number of anilines is 1. The Morgan fingerprint density at radius 3 is 2.74 bits per heavy atom. The molecule has 2 aromatic rings. The summed E-state index contributed by atoms with van der Waals surface area (Å²) in [6, 6.07) is 5.73. The van der Waals surface area contributed by atoms with Gasteiger partial charge < -0.3 is 29.4 Å². The molecule has 0 bridgehead atoms. The summed E-state index contributed by atoms with van der Waals surface area (Å²) in [5.41, 5.74) is 4.94. The lowest BCUT2D eigenvalue weighted by Gasteiger charge is -2.35. The van der Waals surface area contributed by atoms with Crippen LogP contribution in [0.2, 0.25) is 0 Å². The molecule has 1 saturated carbocycles. The van der Waals surface area contributed by atoms with E-state index in [1.54, 1.807) is 33.1 Å². The summed E-state index contributed by atoms with van der Waals surface area (Å²) < 4.78 is 31.5. The van der Waals surface area contributed by atoms with Crippen molar-refractivity contribution in [1.29, 1.82) is 5.26 Å². The molecule has 3 fully saturated rings. The summed E-state index contributed by atoms with van der Waals surface area (Å²) in [7, 11) is 1.65. The van der Waals surface area contributed by atoms with E-state index >= 15 is 0 Å². The van der Waals surface area contributed by atoms with E-state index in [1.807, 2.05) is 0 Å². The third kappa shape index (κ3) is 4.04. The van der Waals surface area contributed by atoms with Crippen molar-refractivity contribution < 1.29 is 28.5 Å². The van der Waals surface area contributed by atoms with Gasteiger partial charge in [0.25, 0.3) is 0 Å². The van der Waals surface area contributed by atoms with E-state index in [9.17, 15) is 10.1 Å². The standard InChI is InChI=1S/C24H31N5O6/c1-22(2)34-19-16(12-32-18(30)11-23(31-3)9-5-4-6-10-23)33-24(13-25,20(19)35-22)17-8-7-15-21(26)27-14-28-29(15)17/h7-8,14,16,19-20H,4-6,9-12H2,1-3H3,(H2,26,27,28)/t16-,19-,20-,24+/m1/s1. The van der Waals surface area contributed by atoms with E-state index in [0.717, 1.165) is 32.1 Å². The molecule has 11 nitrogen and oxygen atoms in total. The Kier molecular flexibility index (Phi) is 5.96. The van der Waals surface area contributed by atoms with E-state index in [0.29, 0.717) is 11.2 Å². The maximum Gasteiger partial charge on any atom is 0.308 e. The van der Waals surface area contributed by atoms with Crippen LogP contribution in [0.4, 0.5) is 5.82 Å². The quantitative estimate of drug-likeness (QED) is 0.605. The van der Waals surface area contributed by atoms with Gasteiger partial charge in [-0.05, 0) is 38.8 Å². The van der Waals surface area contributed by atoms with Gasteiger partial charge in [0.2, 0.25) is 5.60 Å². The molecule has 35 heavy (non-hydrogen) atoms. The monoisotopic (exact) mass is 485 g/mol. The van der Waals surface area contributed by atoms with Gasteiger partial charge in [0, 0.05) is 7.11 Å². The predicted molar refractivity (Wildman–Crippen MR) is 122 cm³/mol. The number of hydrogen-bond acceptors (Lipinski definition) is 10. The molecule has 4 heterocycles. The van der Waals surface area contributed by atoms with Crippen LogP contribution < -0.4 is 5.73 Å². The molecule has 11 heteroatoms. The number of nitrogens with zero attached hydrogens (tertiary/aromatic N) is 4. The zero-order valence-electron chi connectivity index (χ0n) is 20.2. The van der Waals surface area contributed by atoms with E-state index in [2.05, 4.69) is 16.2 Å². The number of ether oxygens (including phenoxy) is 5. The van der Waals surface area contributed by atoms with E-state index in [4.69, 9.17) is 29.4 Å². The topological polar surface area (TPSA) is 143 Å². The number of esters is 1. The fourth-order valence-electron chi connectivity index (χ4n) is 5.60. The van der Waals surface area contributed by atoms with Gasteiger partial charge in [0.05, 0.1) is 17.7 Å². The van der Waals surface area contributed by atoms with Gasteiger partial charge in [-0.15, -0.1) is 0 Å². The van der Waals surface area contributed by atoms with Gasteiger partial charge in [-0.25, -0.2) is 9.50 Å². The Balaban J connectivity index is 1.39. The van der Waals surface area contributed by atoms with Crippen molar-refractivity contribution >= 4 is 17.3 Å². The Bertz CT molecular complexity index is 1150. The lowest BCUT2D eigenvalue weighted by atomic mass is 9.82. The number of hydrogen-bond donors (Lipinski definition) is 1. The number of rotatable bonds is 6. The number of fused-ring (bicyclic) bond motifs is 2. The van der Waals surface area contributed by atoms with Gasteiger partial charge in [-0.2, -0.15) is 10.4 Å². The highest BCUT2D eigenvalue weighted by atomic mass is 16.8. The zero-order valence-corrected chi connectivity index (χ0v) is 20.2. The molecule has 0 unspecified atom stereocenters. The van der Waals surface area contributed by atoms with Crippen LogP contribution in [0.15, 0.2) is 18.5 Å². The second-order valence-corrected chi connectivity index (χ2v) is 9.99. The summed E-state index contributed by atoms with van der Waals surface area (Å²) in [6.07, 6.45) is 4.23. The van der Waals surface area contributed by atoms with Crippen molar-refractivity contribution in [2.24, 2.45) is 0 Å². The first-order valence-corrected chi connectivity index (χ1v) is 12.0. The van der Waals surface area contributed by atoms with Gasteiger partial charge in [0.1, 0.15) is 42.8 Å². The largest absolute Gasteiger partial charge is 0.463 e. The smallest absolute Gasteiger partial charge is 0.308 e. The van der Waals surface area contributed by atoms with Crippen molar-refractivity contribution in [2.75, 3.05) is 19.5 Å². The van der Waals surface area contributed by atoms with Gasteiger partial charge in [-0.1, -0.05) is 19.3 Å². The van der Waals surface area contributed by atoms with E-state index < -0.39 is 35.3 Å². The molecule has 5 rings (SSSR count). The number of nitrogen functional groups attached to an aromatic ring is 1. The van der Waals surface area contributed by atoms with Crippen LogP contribution in [0.1, 0.15) is 58.1 Å². The second kappa shape index (κ2) is 8.71. The minimum Gasteiger partial charge on any atom is -0.463 e. The number of methoxy groups -OCH3 is 1. The summed E-state index contributed by atoms with van der Waals surface area (Å²) in [5.74, 6) is -1.04. The maximum atomic E-state index is 12.8. The van der Waals surface area contributed by atoms with Crippen LogP contribution in [0, 0.1) is 11.3 Å². The molecule has 188 valence electrons. The molecule has 1 aliphatic carbocycles. The first kappa shape index (κ1) is 23.9. The molecule has 2 N–H and O–H groups in total. The van der Waals surface area contributed by atoms with Crippen LogP contribution in [0.25, 0.3) is 5.52 Å². The van der Waals surface area contributed by atoms with Crippen molar-refractivity contribution in [3.63, 3.8) is 0 Å². The molecule has 0 spiro atoms. The van der Waals surface area contributed by atoms with Gasteiger partial charge in [0.15, 0.2) is 11.6 Å². The molecular formula is C24H31N5O6. The molecule has 0 aromatic carbocycles. The number of carbonyl (C=O) groups excluding carboxylic acids is 1. The molecule has 0 amide bonds. The van der Waals surface area contributed by atoms with Crippen LogP contribution in [-0.2, 0) is 34.1 Å². The number of nitrogens with two attached hydrogens (primary N) is 1. The molecular weight excluding hydrogens is 454 g/mol. The minimum absolute atomic E-state index is 0.0803. The van der Waals surface area contributed by atoms with Crippen LogP contribution in [-0.4, -0.2) is 64.0 Å². The normalized spacial score (nSPS) is 31.2. The number of nitriles is 1. The Hall–Kier alpha value is -2.78.